The van der Waals surface area contributed by atoms with Gasteiger partial charge in [0.25, 0.3) is 0 Å². The Labute approximate surface area is 160 Å². The standard InChI is InChI=1S/C22H22N2O2Si/c1-27(2,3)12-11-17-7-9-19(10-8-17)21-14-23-16-24(21)15-18-5-4-6-20(13-18)22(25)26/h4-10,13-14,16H,15H2,1-3H3,(H,25,26). The highest BCUT2D eigenvalue weighted by molar-refractivity contribution is 6.83. The monoisotopic (exact) mass is 374 g/mol. The Morgan fingerprint density at radius 2 is 1.89 bits per heavy atom. The van der Waals surface area contributed by atoms with Crippen LogP contribution in [0, 0.1) is 11.5 Å². The van der Waals surface area contributed by atoms with E-state index >= 15 is 0 Å². The van der Waals surface area contributed by atoms with Crippen LogP contribution in [0.25, 0.3) is 11.3 Å². The SMILES string of the molecule is C[Si](C)(C)C#Cc1ccc(-c2cncn2Cc2cccc(C(=O)O)c2)cc1. The average Bonchev–Trinajstić information content (AvgIpc) is 3.08. The van der Waals surface area contributed by atoms with E-state index in [1.807, 2.05) is 29.0 Å². The lowest BCUT2D eigenvalue weighted by Crippen LogP contribution is -2.16. The van der Waals surface area contributed by atoms with Crippen LogP contribution in [0.5, 0.6) is 0 Å². The number of nitrogens with zero attached hydrogens (tertiary/aromatic N) is 2. The number of hydrogen-bond acceptors (Lipinski definition) is 2. The molecule has 0 fully saturated rings. The molecule has 27 heavy (non-hydrogen) atoms. The number of aromatic carboxylic acids is 1. The molecule has 0 amide bonds. The van der Waals surface area contributed by atoms with Gasteiger partial charge in [0.15, 0.2) is 0 Å². The van der Waals surface area contributed by atoms with Crippen molar-refractivity contribution in [3.05, 3.63) is 77.7 Å². The number of aromatic nitrogens is 2. The zero-order chi connectivity index (χ0) is 19.4. The highest BCUT2D eigenvalue weighted by Crippen LogP contribution is 2.21. The van der Waals surface area contributed by atoms with Crippen molar-refractivity contribution in [3.63, 3.8) is 0 Å². The van der Waals surface area contributed by atoms with Crippen LogP contribution in [0.3, 0.4) is 0 Å². The first kappa shape index (κ1) is 18.7. The van der Waals surface area contributed by atoms with Crippen LogP contribution in [-0.2, 0) is 6.54 Å². The Kier molecular flexibility index (Phi) is 5.29. The third kappa shape index (κ3) is 4.96. The van der Waals surface area contributed by atoms with E-state index in [1.165, 1.54) is 0 Å². The summed E-state index contributed by atoms with van der Waals surface area (Å²) < 4.78 is 2.02. The van der Waals surface area contributed by atoms with Gasteiger partial charge in [0.05, 0.1) is 23.8 Å². The summed E-state index contributed by atoms with van der Waals surface area (Å²) in [4.78, 5) is 15.4. The van der Waals surface area contributed by atoms with Crippen molar-refractivity contribution in [3.8, 4) is 22.7 Å². The molecule has 1 heterocycles. The van der Waals surface area contributed by atoms with Crippen LogP contribution in [0.15, 0.2) is 61.1 Å². The number of carboxylic acids is 1. The van der Waals surface area contributed by atoms with E-state index in [4.69, 9.17) is 5.11 Å². The fraction of sp³-hybridized carbons (Fsp3) is 0.182. The molecule has 4 nitrogen and oxygen atoms in total. The lowest BCUT2D eigenvalue weighted by molar-refractivity contribution is 0.0696. The number of carbonyl (C=O) groups is 1. The smallest absolute Gasteiger partial charge is 0.335 e. The summed E-state index contributed by atoms with van der Waals surface area (Å²) >= 11 is 0. The molecule has 3 rings (SSSR count). The molecule has 1 N–H and O–H groups in total. The van der Waals surface area contributed by atoms with E-state index < -0.39 is 14.0 Å². The van der Waals surface area contributed by atoms with Gasteiger partial charge in [-0.25, -0.2) is 9.78 Å². The van der Waals surface area contributed by atoms with Gasteiger partial charge in [0.2, 0.25) is 0 Å². The van der Waals surface area contributed by atoms with Crippen LogP contribution in [0.4, 0.5) is 0 Å². The molecule has 136 valence electrons. The average molecular weight is 375 g/mol. The minimum Gasteiger partial charge on any atom is -0.478 e. The quantitative estimate of drug-likeness (QED) is 0.539. The molecule has 0 aliphatic carbocycles. The van der Waals surface area contributed by atoms with E-state index in [2.05, 4.69) is 48.2 Å². The predicted molar refractivity (Wildman–Crippen MR) is 110 cm³/mol. The van der Waals surface area contributed by atoms with Crippen LogP contribution in [-0.4, -0.2) is 28.7 Å². The van der Waals surface area contributed by atoms with Gasteiger partial charge in [0.1, 0.15) is 8.07 Å². The maximum absolute atomic E-state index is 11.2. The second-order valence-electron chi connectivity index (χ2n) is 7.49. The molecule has 5 heteroatoms. The molecule has 0 aliphatic heterocycles. The maximum Gasteiger partial charge on any atom is 0.335 e. The Morgan fingerprint density at radius 3 is 2.56 bits per heavy atom. The summed E-state index contributed by atoms with van der Waals surface area (Å²) in [5, 5.41) is 9.16. The summed E-state index contributed by atoms with van der Waals surface area (Å²) in [5.41, 5.74) is 7.65. The topological polar surface area (TPSA) is 55.1 Å². The molecule has 0 radical (unpaired) electrons. The molecule has 0 unspecified atom stereocenters. The van der Waals surface area contributed by atoms with Crippen LogP contribution >= 0.6 is 0 Å². The van der Waals surface area contributed by atoms with Crippen molar-refractivity contribution in [2.45, 2.75) is 26.2 Å². The molecule has 0 aliphatic rings. The normalized spacial score (nSPS) is 10.9. The van der Waals surface area contributed by atoms with Gasteiger partial charge < -0.3 is 9.67 Å². The Balaban J connectivity index is 1.83. The summed E-state index contributed by atoms with van der Waals surface area (Å²) in [6.07, 6.45) is 3.59. The van der Waals surface area contributed by atoms with Crippen molar-refractivity contribution in [1.29, 1.82) is 0 Å². The summed E-state index contributed by atoms with van der Waals surface area (Å²) in [5.74, 6) is 2.34. The Hall–Kier alpha value is -3.10. The number of rotatable bonds is 4. The molecule has 0 bridgehead atoms. The molecular formula is C22H22N2O2Si. The molecule has 0 atom stereocenters. The summed E-state index contributed by atoms with van der Waals surface area (Å²) in [7, 11) is -1.39. The Morgan fingerprint density at radius 1 is 1.15 bits per heavy atom. The predicted octanol–water partition coefficient (Wildman–Crippen LogP) is 4.53. The van der Waals surface area contributed by atoms with Crippen molar-refractivity contribution < 1.29 is 9.90 Å². The molecule has 0 spiro atoms. The van der Waals surface area contributed by atoms with E-state index in [-0.39, 0.29) is 0 Å². The second kappa shape index (κ2) is 7.64. The summed E-state index contributed by atoms with van der Waals surface area (Å²) in [6, 6.07) is 15.1. The lowest BCUT2D eigenvalue weighted by Gasteiger charge is -2.09. The minimum atomic E-state index is -1.39. The van der Waals surface area contributed by atoms with Gasteiger partial charge in [-0.05, 0) is 35.4 Å². The van der Waals surface area contributed by atoms with Crippen molar-refractivity contribution in [2.24, 2.45) is 0 Å². The minimum absolute atomic E-state index is 0.291. The number of carboxylic acid groups (broad SMARTS) is 1. The number of benzene rings is 2. The number of imidazole rings is 1. The largest absolute Gasteiger partial charge is 0.478 e. The van der Waals surface area contributed by atoms with Gasteiger partial charge in [-0.1, -0.05) is 49.8 Å². The van der Waals surface area contributed by atoms with Crippen molar-refractivity contribution >= 4 is 14.0 Å². The highest BCUT2D eigenvalue weighted by Gasteiger charge is 2.09. The van der Waals surface area contributed by atoms with E-state index in [0.717, 1.165) is 22.4 Å². The van der Waals surface area contributed by atoms with Gasteiger partial charge in [-0.15, -0.1) is 5.54 Å². The van der Waals surface area contributed by atoms with E-state index in [0.29, 0.717) is 12.1 Å². The molecule has 3 aromatic rings. The first-order valence-electron chi connectivity index (χ1n) is 8.78. The highest BCUT2D eigenvalue weighted by atomic mass is 28.3. The van der Waals surface area contributed by atoms with Gasteiger partial charge in [0, 0.05) is 12.1 Å². The van der Waals surface area contributed by atoms with Gasteiger partial charge in [-0.2, -0.15) is 0 Å². The summed E-state index contributed by atoms with van der Waals surface area (Å²) in [6.45, 7) is 7.25. The number of hydrogen-bond donors (Lipinski definition) is 1. The fourth-order valence-electron chi connectivity index (χ4n) is 2.67. The van der Waals surface area contributed by atoms with Crippen molar-refractivity contribution in [1.82, 2.24) is 9.55 Å². The van der Waals surface area contributed by atoms with E-state index in [9.17, 15) is 4.79 Å². The molecule has 2 aromatic carbocycles. The van der Waals surface area contributed by atoms with Crippen LogP contribution < -0.4 is 0 Å². The van der Waals surface area contributed by atoms with Gasteiger partial charge >= 0.3 is 5.97 Å². The zero-order valence-corrected chi connectivity index (χ0v) is 16.7. The van der Waals surface area contributed by atoms with Crippen LogP contribution in [0.2, 0.25) is 19.6 Å². The van der Waals surface area contributed by atoms with Crippen molar-refractivity contribution in [2.75, 3.05) is 0 Å². The molecule has 0 saturated heterocycles. The second-order valence-corrected chi connectivity index (χ2v) is 12.2. The molecular weight excluding hydrogens is 352 g/mol. The Bertz CT molecular complexity index is 1020. The molecule has 0 saturated carbocycles. The third-order valence-corrected chi connectivity index (χ3v) is 4.88. The van der Waals surface area contributed by atoms with Crippen LogP contribution in [0.1, 0.15) is 21.5 Å². The first-order chi connectivity index (χ1) is 12.8. The maximum atomic E-state index is 11.2. The van der Waals surface area contributed by atoms with Gasteiger partial charge in [-0.3, -0.25) is 0 Å². The fourth-order valence-corrected chi connectivity index (χ4v) is 3.19. The first-order valence-corrected chi connectivity index (χ1v) is 12.3. The third-order valence-electron chi connectivity index (χ3n) is 4.00. The van der Waals surface area contributed by atoms with E-state index in [1.54, 1.807) is 24.5 Å². The molecule has 1 aromatic heterocycles. The lowest BCUT2D eigenvalue weighted by atomic mass is 10.1. The zero-order valence-electron chi connectivity index (χ0n) is 15.7.